The van der Waals surface area contributed by atoms with Gasteiger partial charge in [-0.25, -0.2) is 4.39 Å². The van der Waals surface area contributed by atoms with Crippen LogP contribution in [-0.2, 0) is 4.74 Å². The van der Waals surface area contributed by atoms with Crippen LogP contribution in [0.3, 0.4) is 0 Å². The summed E-state index contributed by atoms with van der Waals surface area (Å²) in [5, 5.41) is 0. The highest BCUT2D eigenvalue weighted by atomic mass is 79.9. The van der Waals surface area contributed by atoms with E-state index < -0.39 is 0 Å². The fraction of sp³-hybridized carbons (Fsp3) is 0.500. The molecule has 0 aliphatic carbocycles. The van der Waals surface area contributed by atoms with E-state index in [2.05, 4.69) is 20.8 Å². The van der Waals surface area contributed by atoms with Crippen molar-refractivity contribution in [1.82, 2.24) is 0 Å². The van der Waals surface area contributed by atoms with Crippen LogP contribution in [0.2, 0.25) is 0 Å². The second-order valence-corrected chi connectivity index (χ2v) is 6.24. The lowest BCUT2D eigenvalue weighted by Gasteiger charge is -2.33. The van der Waals surface area contributed by atoms with Crippen LogP contribution in [0, 0.1) is 11.7 Å². The molecule has 0 atom stereocenters. The van der Waals surface area contributed by atoms with Crippen LogP contribution >= 0.6 is 28.1 Å². The van der Waals surface area contributed by atoms with Crippen molar-refractivity contribution in [3.63, 3.8) is 0 Å². The molecular formula is C14H18BrFN2OS. The summed E-state index contributed by atoms with van der Waals surface area (Å²) < 4.78 is 20.0. The van der Waals surface area contributed by atoms with E-state index >= 15 is 0 Å². The van der Waals surface area contributed by atoms with E-state index in [-0.39, 0.29) is 10.8 Å². The fourth-order valence-corrected chi connectivity index (χ4v) is 3.40. The zero-order valence-corrected chi connectivity index (χ0v) is 13.8. The summed E-state index contributed by atoms with van der Waals surface area (Å²) in [7, 11) is 1.72. The van der Waals surface area contributed by atoms with Crippen LogP contribution in [0.15, 0.2) is 16.6 Å². The summed E-state index contributed by atoms with van der Waals surface area (Å²) in [6.07, 6.45) is 2.03. The molecule has 0 unspecified atom stereocenters. The Morgan fingerprint density at radius 2 is 2.15 bits per heavy atom. The van der Waals surface area contributed by atoms with Crippen molar-refractivity contribution in [3.8, 4) is 0 Å². The van der Waals surface area contributed by atoms with Gasteiger partial charge in [-0.15, -0.1) is 0 Å². The summed E-state index contributed by atoms with van der Waals surface area (Å²) >= 11 is 8.15. The first-order valence-corrected chi connectivity index (χ1v) is 7.76. The van der Waals surface area contributed by atoms with Crippen molar-refractivity contribution in [2.75, 3.05) is 31.7 Å². The molecule has 6 heteroatoms. The van der Waals surface area contributed by atoms with E-state index in [0.717, 1.165) is 32.5 Å². The number of hydrogen-bond acceptors (Lipinski definition) is 3. The molecule has 1 fully saturated rings. The van der Waals surface area contributed by atoms with Gasteiger partial charge in [0.1, 0.15) is 4.99 Å². The average Bonchev–Trinajstić information content (AvgIpc) is 2.43. The Labute approximate surface area is 132 Å². The molecule has 20 heavy (non-hydrogen) atoms. The van der Waals surface area contributed by atoms with E-state index in [0.29, 0.717) is 21.6 Å². The minimum Gasteiger partial charge on any atom is -0.389 e. The Bertz CT molecular complexity index is 504. The van der Waals surface area contributed by atoms with Gasteiger partial charge in [0, 0.05) is 32.4 Å². The van der Waals surface area contributed by atoms with Crippen molar-refractivity contribution < 1.29 is 9.13 Å². The Hall–Kier alpha value is -0.720. The summed E-state index contributed by atoms with van der Waals surface area (Å²) in [6, 6.07) is 3.53. The molecule has 1 aliphatic heterocycles. The molecule has 0 saturated carbocycles. The Morgan fingerprint density at radius 1 is 1.50 bits per heavy atom. The molecule has 1 aromatic carbocycles. The minimum atomic E-state index is -0.291. The summed E-state index contributed by atoms with van der Waals surface area (Å²) in [5.74, 6) is 0.277. The van der Waals surface area contributed by atoms with E-state index in [1.807, 2.05) is 0 Å². The molecule has 2 rings (SSSR count). The second kappa shape index (κ2) is 6.83. The molecule has 1 saturated heterocycles. The summed E-state index contributed by atoms with van der Waals surface area (Å²) in [6.45, 7) is 2.45. The van der Waals surface area contributed by atoms with E-state index in [1.165, 1.54) is 0 Å². The maximum absolute atomic E-state index is 14.4. The monoisotopic (exact) mass is 360 g/mol. The van der Waals surface area contributed by atoms with Crippen LogP contribution < -0.4 is 10.6 Å². The highest BCUT2D eigenvalue weighted by Crippen LogP contribution is 2.32. The number of rotatable bonds is 4. The third-order valence-corrected chi connectivity index (χ3v) is 4.68. The minimum absolute atomic E-state index is 0.195. The number of hydrogen-bond donors (Lipinski definition) is 1. The molecule has 0 radical (unpaired) electrons. The molecule has 3 nitrogen and oxygen atoms in total. The molecule has 0 aromatic heterocycles. The lowest BCUT2D eigenvalue weighted by Crippen LogP contribution is -2.35. The summed E-state index contributed by atoms with van der Waals surface area (Å²) in [4.78, 5) is 2.26. The van der Waals surface area contributed by atoms with Crippen LogP contribution in [0.5, 0.6) is 0 Å². The van der Waals surface area contributed by atoms with Crippen molar-refractivity contribution in [1.29, 1.82) is 0 Å². The van der Waals surface area contributed by atoms with Gasteiger partial charge in [-0.3, -0.25) is 0 Å². The zero-order chi connectivity index (χ0) is 14.7. The average molecular weight is 361 g/mol. The number of ether oxygens (including phenoxy) is 1. The topological polar surface area (TPSA) is 38.5 Å². The zero-order valence-electron chi connectivity index (χ0n) is 11.4. The van der Waals surface area contributed by atoms with Crippen LogP contribution in [0.1, 0.15) is 18.4 Å². The van der Waals surface area contributed by atoms with Crippen molar-refractivity contribution in [3.05, 3.63) is 28.0 Å². The van der Waals surface area contributed by atoms with Crippen LogP contribution in [0.25, 0.3) is 0 Å². The predicted octanol–water partition coefficient (Wildman–Crippen LogP) is 3.09. The summed E-state index contributed by atoms with van der Waals surface area (Å²) in [5.41, 5.74) is 6.71. The molecule has 0 amide bonds. The smallest absolute Gasteiger partial charge is 0.161 e. The lowest BCUT2D eigenvalue weighted by molar-refractivity contribution is 0.139. The molecule has 110 valence electrons. The molecule has 1 aromatic rings. The maximum atomic E-state index is 14.4. The van der Waals surface area contributed by atoms with Crippen LogP contribution in [-0.4, -0.2) is 31.8 Å². The number of nitrogens with two attached hydrogens (primary N) is 1. The van der Waals surface area contributed by atoms with Crippen molar-refractivity contribution in [2.45, 2.75) is 12.8 Å². The van der Waals surface area contributed by atoms with Gasteiger partial charge in [0.05, 0.1) is 10.2 Å². The SMILES string of the molecule is COCC1CCN(c2ccc(C(N)=S)c(Br)c2F)CC1. The first-order valence-electron chi connectivity index (χ1n) is 6.56. The normalized spacial score (nSPS) is 16.4. The molecule has 1 heterocycles. The number of anilines is 1. The predicted molar refractivity (Wildman–Crippen MR) is 86.8 cm³/mol. The molecule has 0 bridgehead atoms. The number of halogens is 2. The maximum Gasteiger partial charge on any atom is 0.161 e. The fourth-order valence-electron chi connectivity index (χ4n) is 2.55. The van der Waals surface area contributed by atoms with E-state index in [1.54, 1.807) is 19.2 Å². The largest absolute Gasteiger partial charge is 0.389 e. The lowest BCUT2D eigenvalue weighted by atomic mass is 9.97. The quantitative estimate of drug-likeness (QED) is 0.837. The molecule has 1 aliphatic rings. The second-order valence-electron chi connectivity index (χ2n) is 5.01. The standard InChI is InChI=1S/C14H18BrFN2OS/c1-19-8-9-4-6-18(7-5-9)11-3-2-10(14(17)20)12(15)13(11)16/h2-3,9H,4-8H2,1H3,(H2,17,20). The van der Waals surface area contributed by atoms with Gasteiger partial charge in [0.15, 0.2) is 5.82 Å². The Balaban J connectivity index is 2.15. The molecule has 2 N–H and O–H groups in total. The number of benzene rings is 1. The van der Waals surface area contributed by atoms with Crippen molar-refractivity contribution in [2.24, 2.45) is 11.7 Å². The third kappa shape index (κ3) is 3.30. The first kappa shape index (κ1) is 15.7. The van der Waals surface area contributed by atoms with Gasteiger partial charge >= 0.3 is 0 Å². The number of piperidine rings is 1. The number of thiocarbonyl (C=S) groups is 1. The highest BCUT2D eigenvalue weighted by molar-refractivity contribution is 9.10. The molecule has 0 spiro atoms. The van der Waals surface area contributed by atoms with Crippen molar-refractivity contribution >= 4 is 38.8 Å². The van der Waals surface area contributed by atoms with Gasteiger partial charge in [-0.1, -0.05) is 12.2 Å². The van der Waals surface area contributed by atoms with Gasteiger partial charge in [-0.05, 0) is 46.8 Å². The van der Waals surface area contributed by atoms with Gasteiger partial charge in [0.2, 0.25) is 0 Å². The van der Waals surface area contributed by atoms with Crippen LogP contribution in [0.4, 0.5) is 10.1 Å². The van der Waals surface area contributed by atoms with E-state index in [4.69, 9.17) is 22.7 Å². The Morgan fingerprint density at radius 3 is 2.70 bits per heavy atom. The van der Waals surface area contributed by atoms with Gasteiger partial charge in [0.25, 0.3) is 0 Å². The number of methoxy groups -OCH3 is 1. The Kier molecular flexibility index (Phi) is 5.35. The van der Waals surface area contributed by atoms with E-state index in [9.17, 15) is 4.39 Å². The highest BCUT2D eigenvalue weighted by Gasteiger charge is 2.23. The van der Waals surface area contributed by atoms with Gasteiger partial charge < -0.3 is 15.4 Å². The molecular weight excluding hydrogens is 343 g/mol. The third-order valence-electron chi connectivity index (χ3n) is 3.68. The van der Waals surface area contributed by atoms with Gasteiger partial charge in [-0.2, -0.15) is 0 Å². The first-order chi connectivity index (χ1) is 9.54. The number of nitrogens with zero attached hydrogens (tertiary/aromatic N) is 1.